The standard InChI is InChI=1S/C11H9BrClFN4/c1-15-11-16-5-7(13)10(18-11)17-9-4-6(12)2-3-8(9)14/h2-5H,1H3,(H2,15,16,17,18). The number of rotatable bonds is 3. The van der Waals surface area contributed by atoms with Gasteiger partial charge in [-0.15, -0.1) is 0 Å². The number of hydrogen-bond acceptors (Lipinski definition) is 4. The summed E-state index contributed by atoms with van der Waals surface area (Å²) < 4.78 is 14.3. The molecule has 1 heterocycles. The molecule has 0 fully saturated rings. The maximum atomic E-state index is 13.6. The quantitative estimate of drug-likeness (QED) is 0.898. The van der Waals surface area contributed by atoms with E-state index in [4.69, 9.17) is 11.6 Å². The molecule has 0 unspecified atom stereocenters. The smallest absolute Gasteiger partial charge is 0.224 e. The average molecular weight is 332 g/mol. The normalized spacial score (nSPS) is 10.2. The van der Waals surface area contributed by atoms with E-state index < -0.39 is 0 Å². The molecule has 0 aliphatic carbocycles. The van der Waals surface area contributed by atoms with Crippen LogP contribution in [0.25, 0.3) is 0 Å². The van der Waals surface area contributed by atoms with Gasteiger partial charge in [-0.1, -0.05) is 27.5 Å². The van der Waals surface area contributed by atoms with Crippen LogP contribution < -0.4 is 10.6 Å². The van der Waals surface area contributed by atoms with Gasteiger partial charge in [0.25, 0.3) is 0 Å². The molecule has 1 aromatic heterocycles. The Kier molecular flexibility index (Phi) is 3.98. The molecule has 0 bridgehead atoms. The largest absolute Gasteiger partial charge is 0.357 e. The lowest BCUT2D eigenvalue weighted by Crippen LogP contribution is -2.02. The van der Waals surface area contributed by atoms with Crippen LogP contribution in [0.1, 0.15) is 0 Å². The Labute approximate surface area is 117 Å². The molecule has 1 aromatic carbocycles. The van der Waals surface area contributed by atoms with Crippen molar-refractivity contribution in [2.45, 2.75) is 0 Å². The Hall–Kier alpha value is -1.40. The molecule has 0 aliphatic heterocycles. The minimum Gasteiger partial charge on any atom is -0.357 e. The van der Waals surface area contributed by atoms with Gasteiger partial charge >= 0.3 is 0 Å². The van der Waals surface area contributed by atoms with Crippen molar-refractivity contribution in [3.8, 4) is 0 Å². The van der Waals surface area contributed by atoms with E-state index >= 15 is 0 Å². The zero-order chi connectivity index (χ0) is 13.1. The topological polar surface area (TPSA) is 49.8 Å². The summed E-state index contributed by atoms with van der Waals surface area (Å²) in [5, 5.41) is 5.92. The fraction of sp³-hybridized carbons (Fsp3) is 0.0909. The van der Waals surface area contributed by atoms with E-state index in [9.17, 15) is 4.39 Å². The molecule has 0 amide bonds. The first-order chi connectivity index (χ1) is 8.60. The summed E-state index contributed by atoms with van der Waals surface area (Å²) in [7, 11) is 1.69. The molecule has 4 nitrogen and oxygen atoms in total. The minimum absolute atomic E-state index is 0.284. The summed E-state index contributed by atoms with van der Waals surface area (Å²) in [6, 6.07) is 4.56. The molecular weight excluding hydrogens is 323 g/mol. The number of anilines is 3. The molecule has 0 spiro atoms. The highest BCUT2D eigenvalue weighted by atomic mass is 79.9. The first kappa shape index (κ1) is 13.0. The van der Waals surface area contributed by atoms with Crippen molar-refractivity contribution in [3.05, 3.63) is 39.7 Å². The van der Waals surface area contributed by atoms with E-state index in [0.29, 0.717) is 16.8 Å². The molecule has 0 saturated carbocycles. The van der Waals surface area contributed by atoms with Gasteiger partial charge in [0, 0.05) is 11.5 Å². The zero-order valence-corrected chi connectivity index (χ0v) is 11.7. The van der Waals surface area contributed by atoms with E-state index in [0.717, 1.165) is 4.47 Å². The number of nitrogens with one attached hydrogen (secondary N) is 2. The lowest BCUT2D eigenvalue weighted by molar-refractivity contribution is 0.631. The van der Waals surface area contributed by atoms with Crippen molar-refractivity contribution in [3.63, 3.8) is 0 Å². The molecular formula is C11H9BrClFN4. The van der Waals surface area contributed by atoms with Gasteiger partial charge in [-0.25, -0.2) is 9.37 Å². The molecule has 0 radical (unpaired) electrons. The Morgan fingerprint density at radius 3 is 2.89 bits per heavy atom. The first-order valence-electron chi connectivity index (χ1n) is 5.02. The van der Waals surface area contributed by atoms with Gasteiger partial charge in [0.1, 0.15) is 10.8 Å². The number of halogens is 3. The highest BCUT2D eigenvalue weighted by Crippen LogP contribution is 2.27. The van der Waals surface area contributed by atoms with Crippen molar-refractivity contribution in [2.24, 2.45) is 0 Å². The van der Waals surface area contributed by atoms with Crippen molar-refractivity contribution < 1.29 is 4.39 Å². The van der Waals surface area contributed by atoms with Crippen LogP contribution in [0.2, 0.25) is 5.02 Å². The summed E-state index contributed by atoms with van der Waals surface area (Å²) in [4.78, 5) is 8.05. The second-order valence-electron chi connectivity index (χ2n) is 3.39. The molecule has 0 saturated heterocycles. The first-order valence-corrected chi connectivity index (χ1v) is 6.19. The number of benzene rings is 1. The highest BCUT2D eigenvalue weighted by molar-refractivity contribution is 9.10. The summed E-state index contributed by atoms with van der Waals surface area (Å²) in [5.74, 6) is 0.351. The molecule has 0 aliphatic rings. The highest BCUT2D eigenvalue weighted by Gasteiger charge is 2.08. The third kappa shape index (κ3) is 2.88. The van der Waals surface area contributed by atoms with Crippen LogP contribution >= 0.6 is 27.5 Å². The van der Waals surface area contributed by atoms with Crippen LogP contribution in [0.4, 0.5) is 21.8 Å². The predicted molar refractivity (Wildman–Crippen MR) is 74.0 cm³/mol. The molecule has 18 heavy (non-hydrogen) atoms. The molecule has 0 atom stereocenters. The van der Waals surface area contributed by atoms with E-state index in [1.807, 2.05) is 0 Å². The lowest BCUT2D eigenvalue weighted by Gasteiger charge is -2.09. The average Bonchev–Trinajstić information content (AvgIpc) is 2.36. The number of nitrogens with zero attached hydrogens (tertiary/aromatic N) is 2. The van der Waals surface area contributed by atoms with Crippen molar-refractivity contribution in [2.75, 3.05) is 17.7 Å². The van der Waals surface area contributed by atoms with Crippen molar-refractivity contribution in [1.82, 2.24) is 9.97 Å². The van der Waals surface area contributed by atoms with Gasteiger partial charge in [-0.05, 0) is 18.2 Å². The maximum Gasteiger partial charge on any atom is 0.224 e. The van der Waals surface area contributed by atoms with Crippen LogP contribution in [-0.4, -0.2) is 17.0 Å². The van der Waals surface area contributed by atoms with E-state index in [2.05, 4.69) is 36.5 Å². The second-order valence-corrected chi connectivity index (χ2v) is 4.71. The molecule has 94 valence electrons. The number of hydrogen-bond donors (Lipinski definition) is 2. The van der Waals surface area contributed by atoms with Gasteiger partial charge < -0.3 is 10.6 Å². The van der Waals surface area contributed by atoms with Gasteiger partial charge in [-0.2, -0.15) is 4.98 Å². The van der Waals surface area contributed by atoms with Gasteiger partial charge in [0.05, 0.1) is 11.9 Å². The Morgan fingerprint density at radius 1 is 1.39 bits per heavy atom. The zero-order valence-electron chi connectivity index (χ0n) is 9.34. The van der Waals surface area contributed by atoms with Crippen LogP contribution in [0.15, 0.2) is 28.9 Å². The maximum absolute atomic E-state index is 13.6. The van der Waals surface area contributed by atoms with E-state index in [1.54, 1.807) is 19.2 Å². The van der Waals surface area contributed by atoms with Crippen LogP contribution in [0, 0.1) is 5.82 Å². The van der Waals surface area contributed by atoms with E-state index in [1.165, 1.54) is 12.3 Å². The van der Waals surface area contributed by atoms with Crippen LogP contribution in [0.5, 0.6) is 0 Å². The third-order valence-electron chi connectivity index (χ3n) is 2.15. The van der Waals surface area contributed by atoms with Crippen LogP contribution in [0.3, 0.4) is 0 Å². The predicted octanol–water partition coefficient (Wildman–Crippen LogP) is 3.82. The monoisotopic (exact) mass is 330 g/mol. The fourth-order valence-electron chi connectivity index (χ4n) is 1.30. The summed E-state index contributed by atoms with van der Waals surface area (Å²) >= 11 is 9.22. The fourth-order valence-corrected chi connectivity index (χ4v) is 1.80. The van der Waals surface area contributed by atoms with Crippen molar-refractivity contribution in [1.29, 1.82) is 0 Å². The van der Waals surface area contributed by atoms with Gasteiger partial charge in [0.15, 0.2) is 5.82 Å². The summed E-state index contributed by atoms with van der Waals surface area (Å²) in [5.41, 5.74) is 0.284. The summed E-state index contributed by atoms with van der Waals surface area (Å²) in [6.07, 6.45) is 1.44. The Bertz CT molecular complexity index is 579. The van der Waals surface area contributed by atoms with Crippen LogP contribution in [-0.2, 0) is 0 Å². The molecule has 2 aromatic rings. The van der Waals surface area contributed by atoms with Gasteiger partial charge in [0.2, 0.25) is 5.95 Å². The Balaban J connectivity index is 2.36. The minimum atomic E-state index is -0.390. The molecule has 7 heteroatoms. The SMILES string of the molecule is CNc1ncc(Cl)c(Nc2cc(Br)ccc2F)n1. The van der Waals surface area contributed by atoms with Crippen molar-refractivity contribution >= 4 is 45.0 Å². The summed E-state index contributed by atoms with van der Waals surface area (Å²) in [6.45, 7) is 0. The third-order valence-corrected chi connectivity index (χ3v) is 2.92. The molecule has 2 N–H and O–H groups in total. The van der Waals surface area contributed by atoms with Gasteiger partial charge in [-0.3, -0.25) is 0 Å². The molecule has 2 rings (SSSR count). The number of aromatic nitrogens is 2. The second kappa shape index (κ2) is 5.49. The van der Waals surface area contributed by atoms with E-state index in [-0.39, 0.29) is 11.5 Å². The Morgan fingerprint density at radius 2 is 2.17 bits per heavy atom. The lowest BCUT2D eigenvalue weighted by atomic mass is 10.3.